The number of amides is 1. The van der Waals surface area contributed by atoms with Crippen LogP contribution in [0, 0.1) is 5.92 Å². The Labute approximate surface area is 125 Å². The van der Waals surface area contributed by atoms with Crippen LogP contribution >= 0.6 is 0 Å². The monoisotopic (exact) mass is 296 g/mol. The topological polar surface area (TPSA) is 59.1 Å². The molecule has 1 unspecified atom stereocenters. The van der Waals surface area contributed by atoms with Crippen molar-refractivity contribution in [3.8, 4) is 0 Å². The molecule has 1 amide bonds. The Morgan fingerprint density at radius 1 is 1.33 bits per heavy atom. The minimum Gasteiger partial charge on any atom is -0.465 e. The molecule has 0 saturated carbocycles. The van der Waals surface area contributed by atoms with E-state index in [2.05, 4.69) is 4.90 Å². The predicted octanol–water partition coefficient (Wildman–Crippen LogP) is 1.62. The molecule has 0 N–H and O–H groups in total. The van der Waals surface area contributed by atoms with E-state index >= 15 is 0 Å². The molecule has 0 aromatic rings. The summed E-state index contributed by atoms with van der Waals surface area (Å²) < 4.78 is 10.4. The Hall–Kier alpha value is -1.72. The summed E-state index contributed by atoms with van der Waals surface area (Å²) in [5, 5.41) is 0. The molecule has 1 fully saturated rings. The zero-order chi connectivity index (χ0) is 15.6. The lowest BCUT2D eigenvalue weighted by Crippen LogP contribution is -2.47. The number of hydrogen-bond donors (Lipinski definition) is 0. The molecule has 118 valence electrons. The molecule has 0 aromatic heterocycles. The second-order valence-corrected chi connectivity index (χ2v) is 6.36. The van der Waals surface area contributed by atoms with E-state index < -0.39 is 5.60 Å². The van der Waals surface area contributed by atoms with Crippen molar-refractivity contribution in [2.75, 3.05) is 32.8 Å². The zero-order valence-corrected chi connectivity index (χ0v) is 13.2. The van der Waals surface area contributed by atoms with Crippen molar-refractivity contribution in [1.82, 2.24) is 9.80 Å². The quantitative estimate of drug-likeness (QED) is 0.725. The van der Waals surface area contributed by atoms with E-state index in [-0.39, 0.29) is 18.0 Å². The third-order valence-electron chi connectivity index (χ3n) is 3.45. The number of piperazine rings is 1. The number of carbonyl (C=O) groups is 2. The number of rotatable bonds is 2. The maximum atomic E-state index is 12.1. The van der Waals surface area contributed by atoms with Crippen LogP contribution < -0.4 is 0 Å². The summed E-state index contributed by atoms with van der Waals surface area (Å²) in [6, 6.07) is 0. The first kappa shape index (κ1) is 15.7. The third kappa shape index (κ3) is 3.89. The summed E-state index contributed by atoms with van der Waals surface area (Å²) in [5.41, 5.74) is 0.510. The summed E-state index contributed by atoms with van der Waals surface area (Å²) in [7, 11) is 0. The predicted molar refractivity (Wildman–Crippen MR) is 77.6 cm³/mol. The van der Waals surface area contributed by atoms with Gasteiger partial charge in [-0.25, -0.2) is 4.79 Å². The number of hydrogen-bond acceptors (Lipinski definition) is 5. The summed E-state index contributed by atoms with van der Waals surface area (Å²) in [5.74, 6) is -0.415. The molecule has 0 spiro atoms. The van der Waals surface area contributed by atoms with E-state index in [1.165, 1.54) is 0 Å². The van der Waals surface area contributed by atoms with Crippen molar-refractivity contribution in [1.29, 1.82) is 0 Å². The number of ether oxygens (including phenoxy) is 2. The van der Waals surface area contributed by atoms with Gasteiger partial charge in [0.05, 0.1) is 19.1 Å². The fourth-order valence-electron chi connectivity index (χ4n) is 2.52. The van der Waals surface area contributed by atoms with Crippen LogP contribution in [0.4, 0.5) is 4.79 Å². The second-order valence-electron chi connectivity index (χ2n) is 6.36. The molecule has 6 nitrogen and oxygen atoms in total. The molecular formula is C15H24N2O4. The van der Waals surface area contributed by atoms with Gasteiger partial charge in [0.1, 0.15) is 5.60 Å². The van der Waals surface area contributed by atoms with Crippen molar-refractivity contribution in [3.05, 3.63) is 11.8 Å². The molecular weight excluding hydrogens is 272 g/mol. The van der Waals surface area contributed by atoms with Crippen LogP contribution in [-0.4, -0.2) is 60.2 Å². The van der Waals surface area contributed by atoms with Gasteiger partial charge in [0.15, 0.2) is 0 Å². The van der Waals surface area contributed by atoms with Crippen LogP contribution in [-0.2, 0) is 14.3 Å². The molecule has 2 aliphatic heterocycles. The standard InChI is InChI=1S/C15H24N2O4/c1-5-20-13(18)11-8-12-10-17(7-6-16(12)9-11)14(19)21-15(2,3)4/h8,11H,5-7,9-10H2,1-4H3. The number of nitrogens with zero attached hydrogens (tertiary/aromatic N) is 2. The smallest absolute Gasteiger partial charge is 0.410 e. The van der Waals surface area contributed by atoms with Gasteiger partial charge in [-0.15, -0.1) is 0 Å². The second kappa shape index (κ2) is 5.95. The summed E-state index contributed by atoms with van der Waals surface area (Å²) in [6.07, 6.45) is 1.61. The maximum Gasteiger partial charge on any atom is 0.410 e. The lowest BCUT2D eigenvalue weighted by molar-refractivity contribution is -0.146. The van der Waals surface area contributed by atoms with Gasteiger partial charge in [-0.3, -0.25) is 4.79 Å². The number of esters is 1. The fraction of sp³-hybridized carbons (Fsp3) is 0.733. The van der Waals surface area contributed by atoms with Crippen LogP contribution in [0.5, 0.6) is 0 Å². The first-order chi connectivity index (χ1) is 9.80. The Bertz CT molecular complexity index is 453. The van der Waals surface area contributed by atoms with Crippen molar-refractivity contribution in [3.63, 3.8) is 0 Å². The highest BCUT2D eigenvalue weighted by molar-refractivity contribution is 5.76. The van der Waals surface area contributed by atoms with Gasteiger partial charge >= 0.3 is 12.1 Å². The SMILES string of the molecule is CCOC(=O)C1C=C2CN(C(=O)OC(C)(C)C)CCN2C1. The van der Waals surface area contributed by atoms with Crippen LogP contribution in [0.3, 0.4) is 0 Å². The van der Waals surface area contributed by atoms with Gasteiger partial charge in [-0.05, 0) is 33.8 Å². The number of carbonyl (C=O) groups excluding carboxylic acids is 2. The largest absolute Gasteiger partial charge is 0.465 e. The summed E-state index contributed by atoms with van der Waals surface area (Å²) in [6.45, 7) is 10.2. The van der Waals surface area contributed by atoms with Crippen LogP contribution in [0.25, 0.3) is 0 Å². The molecule has 21 heavy (non-hydrogen) atoms. The normalized spacial score (nSPS) is 21.7. The third-order valence-corrected chi connectivity index (χ3v) is 3.45. The zero-order valence-electron chi connectivity index (χ0n) is 13.2. The molecule has 2 heterocycles. The molecule has 0 radical (unpaired) electrons. The lowest BCUT2D eigenvalue weighted by Gasteiger charge is -2.36. The molecule has 1 saturated heterocycles. The van der Waals surface area contributed by atoms with Crippen molar-refractivity contribution < 1.29 is 19.1 Å². The van der Waals surface area contributed by atoms with Gasteiger partial charge in [0, 0.05) is 25.3 Å². The molecule has 0 bridgehead atoms. The average molecular weight is 296 g/mol. The minimum absolute atomic E-state index is 0.191. The highest BCUT2D eigenvalue weighted by Crippen LogP contribution is 2.25. The Kier molecular flexibility index (Phi) is 4.44. The van der Waals surface area contributed by atoms with Crippen molar-refractivity contribution >= 4 is 12.1 Å². The summed E-state index contributed by atoms with van der Waals surface area (Å²) in [4.78, 5) is 27.7. The van der Waals surface area contributed by atoms with Gasteiger partial charge in [-0.2, -0.15) is 0 Å². The van der Waals surface area contributed by atoms with Crippen LogP contribution in [0.1, 0.15) is 27.7 Å². The molecule has 0 aromatic carbocycles. The first-order valence-electron chi connectivity index (χ1n) is 7.40. The van der Waals surface area contributed by atoms with E-state index in [1.807, 2.05) is 26.8 Å². The molecule has 0 aliphatic carbocycles. The summed E-state index contributed by atoms with van der Waals surface area (Å²) >= 11 is 0. The Morgan fingerprint density at radius 2 is 2.05 bits per heavy atom. The molecule has 2 rings (SSSR count). The van der Waals surface area contributed by atoms with Crippen molar-refractivity contribution in [2.45, 2.75) is 33.3 Å². The van der Waals surface area contributed by atoms with E-state index in [0.29, 0.717) is 26.2 Å². The minimum atomic E-state index is -0.494. The molecule has 6 heteroatoms. The lowest BCUT2D eigenvalue weighted by atomic mass is 10.1. The van der Waals surface area contributed by atoms with Gasteiger partial charge in [0.2, 0.25) is 0 Å². The number of fused-ring (bicyclic) bond motifs is 1. The first-order valence-corrected chi connectivity index (χ1v) is 7.40. The van der Waals surface area contributed by atoms with Gasteiger partial charge in [0.25, 0.3) is 0 Å². The Morgan fingerprint density at radius 3 is 2.67 bits per heavy atom. The fourth-order valence-corrected chi connectivity index (χ4v) is 2.52. The van der Waals surface area contributed by atoms with E-state index in [0.717, 1.165) is 12.2 Å². The molecule has 1 atom stereocenters. The maximum absolute atomic E-state index is 12.1. The average Bonchev–Trinajstić information content (AvgIpc) is 2.79. The van der Waals surface area contributed by atoms with Gasteiger partial charge < -0.3 is 19.3 Å². The van der Waals surface area contributed by atoms with E-state index in [1.54, 1.807) is 11.8 Å². The van der Waals surface area contributed by atoms with Crippen LogP contribution in [0.15, 0.2) is 11.8 Å². The van der Waals surface area contributed by atoms with Gasteiger partial charge in [-0.1, -0.05) is 0 Å². The highest BCUT2D eigenvalue weighted by Gasteiger charge is 2.35. The van der Waals surface area contributed by atoms with Crippen LogP contribution in [0.2, 0.25) is 0 Å². The molecule has 2 aliphatic rings. The van der Waals surface area contributed by atoms with E-state index in [4.69, 9.17) is 9.47 Å². The highest BCUT2D eigenvalue weighted by atomic mass is 16.6. The van der Waals surface area contributed by atoms with Crippen molar-refractivity contribution in [2.24, 2.45) is 5.92 Å². The Balaban J connectivity index is 1.97. The van der Waals surface area contributed by atoms with E-state index in [9.17, 15) is 9.59 Å².